The third kappa shape index (κ3) is 2.87. The van der Waals surface area contributed by atoms with Crippen LogP contribution < -0.4 is 5.73 Å². The number of hydrogen-bond donors (Lipinski definition) is 1. The number of halogens is 4. The van der Waals surface area contributed by atoms with E-state index < -0.39 is 0 Å². The number of benzene rings is 1. The molecule has 3 rings (SSSR count). The average molecular weight is 469 g/mol. The van der Waals surface area contributed by atoms with Gasteiger partial charge in [0, 0.05) is 5.56 Å². The fourth-order valence-electron chi connectivity index (χ4n) is 1.92. The van der Waals surface area contributed by atoms with Gasteiger partial charge in [0.1, 0.15) is 5.69 Å². The molecule has 21 heavy (non-hydrogen) atoms. The van der Waals surface area contributed by atoms with Crippen LogP contribution in [0.5, 0.6) is 0 Å². The van der Waals surface area contributed by atoms with Crippen LogP contribution in [-0.4, -0.2) is 5.16 Å². The molecule has 0 unspecified atom stereocenters. The molecule has 2 N–H and O–H groups in total. The standard InChI is InChI=1S/C13H6Br2Cl2N2OS/c14-9-4-6(12(15)21-9)11-10(13(18)20-19-11)5-1-2-7(16)8(17)3-5/h1-4H,18H2. The maximum atomic E-state index is 6.08. The van der Waals surface area contributed by atoms with Crippen LogP contribution in [0.4, 0.5) is 5.88 Å². The van der Waals surface area contributed by atoms with Crippen LogP contribution in [0.2, 0.25) is 10.0 Å². The van der Waals surface area contributed by atoms with E-state index in [-0.39, 0.29) is 5.88 Å². The van der Waals surface area contributed by atoms with Crippen molar-refractivity contribution >= 4 is 72.3 Å². The monoisotopic (exact) mass is 466 g/mol. The molecule has 0 saturated carbocycles. The summed E-state index contributed by atoms with van der Waals surface area (Å²) in [4.78, 5) is 0. The Labute approximate surface area is 151 Å². The molecule has 0 aliphatic rings. The van der Waals surface area contributed by atoms with Gasteiger partial charge in [-0.15, -0.1) is 11.3 Å². The molecule has 0 aliphatic carbocycles. The van der Waals surface area contributed by atoms with Gasteiger partial charge in [-0.3, -0.25) is 0 Å². The highest BCUT2D eigenvalue weighted by Gasteiger charge is 2.21. The van der Waals surface area contributed by atoms with Gasteiger partial charge in [-0.05, 0) is 55.6 Å². The Balaban J connectivity index is 2.21. The highest BCUT2D eigenvalue weighted by Crippen LogP contribution is 2.44. The topological polar surface area (TPSA) is 52.0 Å². The summed E-state index contributed by atoms with van der Waals surface area (Å²) in [5.74, 6) is 0.234. The first kappa shape index (κ1) is 15.4. The Kier molecular flexibility index (Phi) is 4.34. The van der Waals surface area contributed by atoms with E-state index in [4.69, 9.17) is 33.5 Å². The number of thiophene rings is 1. The molecule has 0 bridgehead atoms. The predicted octanol–water partition coefficient (Wildman–Crippen LogP) is 6.48. The normalized spacial score (nSPS) is 11.0. The fourth-order valence-corrected chi connectivity index (χ4v) is 5.02. The molecule has 1 aromatic carbocycles. The van der Waals surface area contributed by atoms with Crippen LogP contribution in [0.1, 0.15) is 0 Å². The van der Waals surface area contributed by atoms with E-state index in [9.17, 15) is 0 Å². The molecule has 3 nitrogen and oxygen atoms in total. The third-order valence-electron chi connectivity index (χ3n) is 2.84. The van der Waals surface area contributed by atoms with E-state index in [0.29, 0.717) is 21.3 Å². The highest BCUT2D eigenvalue weighted by molar-refractivity contribution is 9.12. The van der Waals surface area contributed by atoms with E-state index >= 15 is 0 Å². The molecule has 0 spiro atoms. The smallest absolute Gasteiger partial charge is 0.230 e. The zero-order chi connectivity index (χ0) is 15.1. The van der Waals surface area contributed by atoms with Crippen LogP contribution >= 0.6 is 66.4 Å². The van der Waals surface area contributed by atoms with E-state index in [0.717, 1.165) is 18.7 Å². The second-order valence-electron chi connectivity index (χ2n) is 4.14. The zero-order valence-electron chi connectivity index (χ0n) is 10.2. The van der Waals surface area contributed by atoms with Gasteiger partial charge < -0.3 is 10.3 Å². The van der Waals surface area contributed by atoms with Crippen LogP contribution in [0.3, 0.4) is 0 Å². The van der Waals surface area contributed by atoms with Crippen molar-refractivity contribution in [1.29, 1.82) is 0 Å². The molecule has 8 heteroatoms. The summed E-state index contributed by atoms with van der Waals surface area (Å²) in [6, 6.07) is 7.24. The molecular weight excluding hydrogens is 463 g/mol. The molecule has 108 valence electrons. The van der Waals surface area contributed by atoms with Crippen molar-refractivity contribution in [2.45, 2.75) is 0 Å². The van der Waals surface area contributed by atoms with Crippen molar-refractivity contribution in [2.24, 2.45) is 0 Å². The molecule has 0 aliphatic heterocycles. The summed E-state index contributed by atoms with van der Waals surface area (Å²) < 4.78 is 7.07. The zero-order valence-corrected chi connectivity index (χ0v) is 15.7. The Hall–Kier alpha value is -0.530. The van der Waals surface area contributed by atoms with Crippen LogP contribution in [-0.2, 0) is 0 Å². The Morgan fingerprint density at radius 3 is 2.52 bits per heavy atom. The molecule has 0 saturated heterocycles. The van der Waals surface area contributed by atoms with E-state index in [1.54, 1.807) is 23.5 Å². The van der Waals surface area contributed by atoms with E-state index in [2.05, 4.69) is 37.0 Å². The summed E-state index contributed by atoms with van der Waals surface area (Å²) in [6.45, 7) is 0. The number of hydrogen-bond acceptors (Lipinski definition) is 4. The van der Waals surface area contributed by atoms with Crippen LogP contribution in [0.15, 0.2) is 36.4 Å². The first-order valence-electron chi connectivity index (χ1n) is 5.63. The van der Waals surface area contributed by atoms with E-state index in [1.807, 2.05) is 12.1 Å². The van der Waals surface area contributed by atoms with Crippen molar-refractivity contribution < 1.29 is 4.52 Å². The molecule has 0 fully saturated rings. The minimum absolute atomic E-state index is 0.234. The summed E-state index contributed by atoms with van der Waals surface area (Å²) in [5, 5.41) is 5.00. The van der Waals surface area contributed by atoms with Gasteiger partial charge in [0.25, 0.3) is 0 Å². The lowest BCUT2D eigenvalue weighted by atomic mass is 10.0. The number of nitrogens with two attached hydrogens (primary N) is 1. The van der Waals surface area contributed by atoms with Crippen molar-refractivity contribution in [3.63, 3.8) is 0 Å². The molecule has 0 atom stereocenters. The second-order valence-corrected chi connectivity index (χ2v) is 8.70. The quantitative estimate of drug-likeness (QED) is 0.468. The van der Waals surface area contributed by atoms with Crippen LogP contribution in [0.25, 0.3) is 22.4 Å². The maximum absolute atomic E-state index is 6.08. The number of anilines is 1. The van der Waals surface area contributed by atoms with Gasteiger partial charge in [0.2, 0.25) is 5.88 Å². The van der Waals surface area contributed by atoms with Gasteiger partial charge >= 0.3 is 0 Å². The van der Waals surface area contributed by atoms with Gasteiger partial charge in [0.05, 0.1) is 23.2 Å². The van der Waals surface area contributed by atoms with Gasteiger partial charge in [-0.2, -0.15) is 0 Å². The molecule has 0 radical (unpaired) electrons. The predicted molar refractivity (Wildman–Crippen MR) is 95.1 cm³/mol. The third-order valence-corrected chi connectivity index (χ3v) is 5.92. The SMILES string of the molecule is Nc1onc(-c2cc(Br)sc2Br)c1-c1ccc(Cl)c(Cl)c1. The van der Waals surface area contributed by atoms with Crippen molar-refractivity contribution in [3.8, 4) is 22.4 Å². The van der Waals surface area contributed by atoms with Crippen molar-refractivity contribution in [3.05, 3.63) is 41.9 Å². The lowest BCUT2D eigenvalue weighted by Crippen LogP contribution is -1.87. The van der Waals surface area contributed by atoms with E-state index in [1.165, 1.54) is 0 Å². The average Bonchev–Trinajstić information content (AvgIpc) is 2.95. The fraction of sp³-hybridized carbons (Fsp3) is 0. The Morgan fingerprint density at radius 1 is 1.14 bits per heavy atom. The molecule has 3 aromatic rings. The minimum Gasteiger partial charge on any atom is -0.367 e. The van der Waals surface area contributed by atoms with Crippen LogP contribution in [0, 0.1) is 0 Å². The maximum Gasteiger partial charge on any atom is 0.230 e. The van der Waals surface area contributed by atoms with Crippen molar-refractivity contribution in [2.75, 3.05) is 5.73 Å². The Morgan fingerprint density at radius 2 is 1.90 bits per heavy atom. The molecule has 0 amide bonds. The first-order chi connectivity index (χ1) is 9.97. The molecular formula is C13H6Br2Cl2N2OS. The number of nitrogens with zero attached hydrogens (tertiary/aromatic N) is 1. The van der Waals surface area contributed by atoms with Gasteiger partial charge in [-0.1, -0.05) is 34.4 Å². The summed E-state index contributed by atoms with van der Waals surface area (Å²) in [7, 11) is 0. The largest absolute Gasteiger partial charge is 0.367 e. The highest BCUT2D eigenvalue weighted by atomic mass is 79.9. The number of nitrogen functional groups attached to an aromatic ring is 1. The molecule has 2 heterocycles. The lowest BCUT2D eigenvalue weighted by molar-refractivity contribution is 0.439. The lowest BCUT2D eigenvalue weighted by Gasteiger charge is -2.04. The minimum atomic E-state index is 0.234. The van der Waals surface area contributed by atoms with Gasteiger partial charge in [0.15, 0.2) is 0 Å². The summed E-state index contributed by atoms with van der Waals surface area (Å²) >= 11 is 20.5. The second kappa shape index (κ2) is 5.93. The first-order valence-corrected chi connectivity index (χ1v) is 8.79. The molecule has 2 aromatic heterocycles. The number of aromatic nitrogens is 1. The summed E-state index contributed by atoms with van der Waals surface area (Å²) in [6.07, 6.45) is 0. The van der Waals surface area contributed by atoms with Gasteiger partial charge in [-0.25, -0.2) is 0 Å². The van der Waals surface area contributed by atoms with Crippen molar-refractivity contribution in [1.82, 2.24) is 5.16 Å². The Bertz CT molecular complexity index is 832. The number of rotatable bonds is 2. The summed E-state index contributed by atoms with van der Waals surface area (Å²) in [5.41, 5.74) is 8.97.